The van der Waals surface area contributed by atoms with Crippen LogP contribution in [0.4, 0.5) is 0 Å². The van der Waals surface area contributed by atoms with E-state index in [0.717, 1.165) is 24.3 Å². The van der Waals surface area contributed by atoms with Crippen LogP contribution in [0.5, 0.6) is 0 Å². The number of hydrogen-bond donors (Lipinski definition) is 0. The van der Waals surface area contributed by atoms with Gasteiger partial charge in [0.25, 0.3) is 0 Å². The minimum Gasteiger partial charge on any atom is -0.428 e. The minimum atomic E-state index is -0.473. The van der Waals surface area contributed by atoms with Gasteiger partial charge in [0.2, 0.25) is 6.29 Å². The number of rotatable bonds is 4. The third-order valence-corrected chi connectivity index (χ3v) is 7.59. The molecule has 1 heterocycles. The van der Waals surface area contributed by atoms with Crippen molar-refractivity contribution in [3.05, 3.63) is 23.3 Å². The van der Waals surface area contributed by atoms with Gasteiger partial charge in [0.15, 0.2) is 0 Å². The Labute approximate surface area is 146 Å². The van der Waals surface area contributed by atoms with Crippen molar-refractivity contribution >= 4 is 5.97 Å². The van der Waals surface area contributed by atoms with Crippen molar-refractivity contribution in [1.82, 2.24) is 0 Å². The Morgan fingerprint density at radius 1 is 1.33 bits per heavy atom. The van der Waals surface area contributed by atoms with E-state index in [9.17, 15) is 4.79 Å². The van der Waals surface area contributed by atoms with Crippen molar-refractivity contribution in [1.29, 1.82) is 0 Å². The van der Waals surface area contributed by atoms with Crippen LogP contribution in [0.1, 0.15) is 66.2 Å². The molecule has 0 saturated heterocycles. The van der Waals surface area contributed by atoms with Crippen molar-refractivity contribution in [2.24, 2.45) is 22.7 Å². The van der Waals surface area contributed by atoms with Crippen LogP contribution in [-0.2, 0) is 14.3 Å². The van der Waals surface area contributed by atoms with Gasteiger partial charge in [-0.1, -0.05) is 32.4 Å². The van der Waals surface area contributed by atoms with Crippen LogP contribution in [0.25, 0.3) is 0 Å². The highest BCUT2D eigenvalue weighted by molar-refractivity contribution is 5.85. The van der Waals surface area contributed by atoms with Gasteiger partial charge in [-0.25, -0.2) is 4.79 Å². The van der Waals surface area contributed by atoms with Gasteiger partial charge in [-0.3, -0.25) is 0 Å². The Bertz CT molecular complexity index is 576. The Morgan fingerprint density at radius 3 is 2.79 bits per heavy atom. The predicted molar refractivity (Wildman–Crippen MR) is 95.3 cm³/mol. The molecule has 5 atom stereocenters. The second kappa shape index (κ2) is 6.33. The Morgan fingerprint density at radius 2 is 2.08 bits per heavy atom. The van der Waals surface area contributed by atoms with E-state index < -0.39 is 6.29 Å². The first kappa shape index (κ1) is 17.7. The molecule has 3 rings (SSSR count). The van der Waals surface area contributed by atoms with Crippen LogP contribution in [-0.4, -0.2) is 19.4 Å². The molecular weight excluding hydrogens is 300 g/mol. The van der Waals surface area contributed by atoms with Gasteiger partial charge in [-0.05, 0) is 68.1 Å². The summed E-state index contributed by atoms with van der Waals surface area (Å²) >= 11 is 0. The molecule has 3 heteroatoms. The van der Waals surface area contributed by atoms with Crippen LogP contribution < -0.4 is 0 Å². The van der Waals surface area contributed by atoms with Crippen molar-refractivity contribution in [2.45, 2.75) is 72.5 Å². The maximum Gasteiger partial charge on any atom is 0.333 e. The van der Waals surface area contributed by atoms with Gasteiger partial charge in [0.1, 0.15) is 0 Å². The zero-order valence-electron chi connectivity index (χ0n) is 15.9. The van der Waals surface area contributed by atoms with Crippen molar-refractivity contribution in [3.8, 4) is 0 Å². The number of fused-ring (bicyclic) bond motifs is 1. The van der Waals surface area contributed by atoms with Crippen LogP contribution in [0, 0.1) is 22.7 Å². The van der Waals surface area contributed by atoms with Gasteiger partial charge >= 0.3 is 5.97 Å². The first-order valence-corrected chi connectivity index (χ1v) is 9.42. The largest absolute Gasteiger partial charge is 0.428 e. The molecule has 3 aliphatic rings. The van der Waals surface area contributed by atoms with E-state index in [0.29, 0.717) is 16.7 Å². The number of cyclic esters (lactones) is 1. The highest BCUT2D eigenvalue weighted by Crippen LogP contribution is 2.62. The van der Waals surface area contributed by atoms with Gasteiger partial charge in [0, 0.05) is 18.8 Å². The molecule has 24 heavy (non-hydrogen) atoms. The van der Waals surface area contributed by atoms with Crippen LogP contribution >= 0.6 is 0 Å². The third kappa shape index (κ3) is 2.75. The summed E-state index contributed by atoms with van der Waals surface area (Å²) in [5.74, 6) is 1.17. The summed E-state index contributed by atoms with van der Waals surface area (Å²) < 4.78 is 10.5. The first-order valence-electron chi connectivity index (χ1n) is 9.42. The fourth-order valence-corrected chi connectivity index (χ4v) is 5.57. The molecule has 2 aliphatic carbocycles. The first-order chi connectivity index (χ1) is 11.3. The zero-order valence-corrected chi connectivity index (χ0v) is 15.9. The summed E-state index contributed by atoms with van der Waals surface area (Å²) in [6.45, 7) is 9.71. The molecular formula is C21H32O3. The van der Waals surface area contributed by atoms with E-state index in [1.807, 2.05) is 0 Å². The number of ether oxygens (including phenoxy) is 2. The number of carbonyl (C=O) groups excluding carboxylic acids is 1. The lowest BCUT2D eigenvalue weighted by Gasteiger charge is -2.58. The molecule has 0 unspecified atom stereocenters. The van der Waals surface area contributed by atoms with E-state index in [2.05, 4.69) is 33.8 Å². The molecule has 1 fully saturated rings. The average Bonchev–Trinajstić information content (AvgIpc) is 2.92. The van der Waals surface area contributed by atoms with Crippen LogP contribution in [0.2, 0.25) is 0 Å². The third-order valence-electron chi connectivity index (χ3n) is 7.59. The molecule has 1 saturated carbocycles. The second-order valence-electron chi connectivity index (χ2n) is 8.60. The fourth-order valence-electron chi connectivity index (χ4n) is 5.57. The maximum absolute atomic E-state index is 11.6. The van der Waals surface area contributed by atoms with E-state index >= 15 is 0 Å². The normalized spacial score (nSPS) is 42.2. The van der Waals surface area contributed by atoms with Crippen molar-refractivity contribution in [2.75, 3.05) is 7.11 Å². The van der Waals surface area contributed by atoms with E-state index in [1.54, 1.807) is 18.8 Å². The fraction of sp³-hybridized carbons (Fsp3) is 0.762. The smallest absolute Gasteiger partial charge is 0.333 e. The monoisotopic (exact) mass is 332 g/mol. The van der Waals surface area contributed by atoms with Gasteiger partial charge < -0.3 is 9.47 Å². The molecule has 0 radical (unpaired) electrons. The lowest BCUT2D eigenvalue weighted by atomic mass is 9.47. The number of methoxy groups -OCH3 is 1. The molecule has 1 aliphatic heterocycles. The summed E-state index contributed by atoms with van der Waals surface area (Å²) in [5.41, 5.74) is 3.24. The Hall–Kier alpha value is -1.09. The molecule has 0 aromatic heterocycles. The molecule has 0 aromatic rings. The SMILES string of the molecule is CO[C@H]1OC(=O)C=C1CC[C@@]1(C)[C@H](C)CC[C@@]2(C)C(C)=CCC[C@H]12. The molecule has 3 nitrogen and oxygen atoms in total. The minimum absolute atomic E-state index is 0.264. The molecule has 134 valence electrons. The lowest BCUT2D eigenvalue weighted by molar-refractivity contribution is -0.155. The highest BCUT2D eigenvalue weighted by atomic mass is 16.7. The van der Waals surface area contributed by atoms with Gasteiger partial charge in [-0.2, -0.15) is 0 Å². The van der Waals surface area contributed by atoms with E-state index in [1.165, 1.54) is 25.7 Å². The zero-order chi connectivity index (χ0) is 17.5. The van der Waals surface area contributed by atoms with Crippen LogP contribution in [0.15, 0.2) is 23.3 Å². The standard InChI is InChI=1S/C21H32O3/c1-14-7-6-8-17-20(14,3)11-9-15(2)21(17,4)12-10-16-13-18(22)24-19(16)23-5/h7,13,15,17,19H,6,8-12H2,1-5H3/t15-,17+,19+,20+,21+/m1/s1. The van der Waals surface area contributed by atoms with Crippen molar-refractivity contribution in [3.63, 3.8) is 0 Å². The summed E-state index contributed by atoms with van der Waals surface area (Å²) in [6, 6.07) is 0. The topological polar surface area (TPSA) is 35.5 Å². The summed E-state index contributed by atoms with van der Waals surface area (Å²) in [7, 11) is 1.61. The molecule has 0 N–H and O–H groups in total. The summed E-state index contributed by atoms with van der Waals surface area (Å²) in [4.78, 5) is 11.6. The maximum atomic E-state index is 11.6. The lowest BCUT2D eigenvalue weighted by Crippen LogP contribution is -2.49. The number of esters is 1. The van der Waals surface area contributed by atoms with Gasteiger partial charge in [0.05, 0.1) is 0 Å². The predicted octanol–water partition coefficient (Wildman–Crippen LogP) is 5.02. The van der Waals surface area contributed by atoms with Gasteiger partial charge in [-0.15, -0.1) is 0 Å². The summed E-state index contributed by atoms with van der Waals surface area (Å²) in [6.07, 6.45) is 10.7. The molecule has 0 amide bonds. The summed E-state index contributed by atoms with van der Waals surface area (Å²) in [5, 5.41) is 0. The second-order valence-corrected chi connectivity index (χ2v) is 8.60. The highest BCUT2D eigenvalue weighted by Gasteiger charge is 2.53. The van der Waals surface area contributed by atoms with E-state index in [-0.39, 0.29) is 5.97 Å². The molecule has 0 aromatic carbocycles. The average molecular weight is 332 g/mol. The number of carbonyl (C=O) groups is 1. The molecule has 0 bridgehead atoms. The number of hydrogen-bond acceptors (Lipinski definition) is 3. The van der Waals surface area contributed by atoms with E-state index in [4.69, 9.17) is 9.47 Å². The Balaban J connectivity index is 1.81. The Kier molecular flexibility index (Phi) is 4.67. The van der Waals surface area contributed by atoms with Crippen LogP contribution in [0.3, 0.4) is 0 Å². The number of allylic oxidation sites excluding steroid dienone is 2. The quantitative estimate of drug-likeness (QED) is 0.535. The van der Waals surface area contributed by atoms with Crippen molar-refractivity contribution < 1.29 is 14.3 Å². The molecule has 0 spiro atoms.